The smallest absolute Gasteiger partial charge is 0.258 e. The Labute approximate surface area is 204 Å². The van der Waals surface area contributed by atoms with Gasteiger partial charge in [0.05, 0.1) is 4.92 Å². The highest BCUT2D eigenvalue weighted by Crippen LogP contribution is 2.54. The number of nitro benzene ring substituents is 1. The maximum absolute atomic E-state index is 11.1. The van der Waals surface area contributed by atoms with Gasteiger partial charge in [-0.25, -0.2) is 0 Å². The summed E-state index contributed by atoms with van der Waals surface area (Å²) in [5.41, 5.74) is 8.09. The fourth-order valence-electron chi connectivity index (χ4n) is 5.78. The molecule has 0 atom stereocenters. The lowest BCUT2D eigenvalue weighted by molar-refractivity contribution is -0.384. The Balaban J connectivity index is 1.77. The third-order valence-corrected chi connectivity index (χ3v) is 7.59. The molecule has 0 heterocycles. The topological polar surface area (TPSA) is 43.1 Å². The van der Waals surface area contributed by atoms with Crippen molar-refractivity contribution >= 4 is 5.69 Å². The summed E-state index contributed by atoms with van der Waals surface area (Å²) < 4.78 is 0. The van der Waals surface area contributed by atoms with Crippen LogP contribution in [0.5, 0.6) is 0 Å². The fraction of sp³-hybridized carbons (Fsp3) is 0.419. The SMILES string of the molecule is CCCCCCC1(CCCCCC)c2ccccc2-c2ccc(-c3ccc([N+](=O)[O-])cc3)cc21. The molecule has 0 aromatic heterocycles. The van der Waals surface area contributed by atoms with E-state index in [0.717, 1.165) is 11.1 Å². The summed E-state index contributed by atoms with van der Waals surface area (Å²) in [6, 6.07) is 22.9. The molecule has 3 aromatic carbocycles. The van der Waals surface area contributed by atoms with Crippen molar-refractivity contribution < 1.29 is 4.92 Å². The maximum Gasteiger partial charge on any atom is 0.269 e. The molecule has 1 aliphatic rings. The molecule has 0 saturated heterocycles. The Morgan fingerprint density at radius 3 is 1.88 bits per heavy atom. The average Bonchev–Trinajstić information content (AvgIpc) is 3.14. The Morgan fingerprint density at radius 1 is 0.676 bits per heavy atom. The molecule has 3 aromatic rings. The van der Waals surface area contributed by atoms with Crippen molar-refractivity contribution in [3.8, 4) is 22.3 Å². The Morgan fingerprint density at radius 2 is 1.26 bits per heavy atom. The van der Waals surface area contributed by atoms with E-state index in [2.05, 4.69) is 56.3 Å². The van der Waals surface area contributed by atoms with Crippen LogP contribution in [-0.2, 0) is 5.41 Å². The molecule has 0 fully saturated rings. The highest BCUT2D eigenvalue weighted by atomic mass is 16.6. The number of benzene rings is 3. The van der Waals surface area contributed by atoms with Crippen molar-refractivity contribution in [3.63, 3.8) is 0 Å². The first-order chi connectivity index (χ1) is 16.6. The van der Waals surface area contributed by atoms with E-state index >= 15 is 0 Å². The zero-order chi connectivity index (χ0) is 24.0. The van der Waals surface area contributed by atoms with E-state index in [1.54, 1.807) is 12.1 Å². The molecule has 0 unspecified atom stereocenters. The highest BCUT2D eigenvalue weighted by Gasteiger charge is 2.42. The van der Waals surface area contributed by atoms with E-state index in [1.165, 1.54) is 86.5 Å². The van der Waals surface area contributed by atoms with Gasteiger partial charge in [0.1, 0.15) is 0 Å². The quantitative estimate of drug-likeness (QED) is 0.155. The molecule has 0 radical (unpaired) electrons. The van der Waals surface area contributed by atoms with Gasteiger partial charge in [0, 0.05) is 17.5 Å². The first kappa shape index (κ1) is 24.2. The van der Waals surface area contributed by atoms with Crippen LogP contribution >= 0.6 is 0 Å². The van der Waals surface area contributed by atoms with Crippen LogP contribution in [0.15, 0.2) is 66.7 Å². The third kappa shape index (κ3) is 4.80. The predicted octanol–water partition coefficient (Wildman–Crippen LogP) is 9.47. The first-order valence-electron chi connectivity index (χ1n) is 13.1. The third-order valence-electron chi connectivity index (χ3n) is 7.59. The van der Waals surface area contributed by atoms with Crippen molar-refractivity contribution in [1.29, 1.82) is 0 Å². The standard InChI is InChI=1S/C31H37NO2/c1-3-5-7-11-21-31(22-12-8-6-4-2)29-14-10-9-13-27(29)28-20-17-25(23-30(28)31)24-15-18-26(19-16-24)32(33)34/h9-10,13-20,23H,3-8,11-12,21-22H2,1-2H3. The van der Waals surface area contributed by atoms with Crippen LogP contribution in [0.1, 0.15) is 89.2 Å². The van der Waals surface area contributed by atoms with E-state index in [1.807, 2.05) is 12.1 Å². The van der Waals surface area contributed by atoms with E-state index in [9.17, 15) is 10.1 Å². The molecule has 178 valence electrons. The number of fused-ring (bicyclic) bond motifs is 3. The van der Waals surface area contributed by atoms with Gasteiger partial charge in [0.25, 0.3) is 5.69 Å². The number of hydrogen-bond donors (Lipinski definition) is 0. The number of unbranched alkanes of at least 4 members (excludes halogenated alkanes) is 6. The molecule has 4 rings (SSSR count). The second-order valence-electron chi connectivity index (χ2n) is 9.81. The monoisotopic (exact) mass is 455 g/mol. The predicted molar refractivity (Wildman–Crippen MR) is 142 cm³/mol. The lowest BCUT2D eigenvalue weighted by Crippen LogP contribution is -2.25. The van der Waals surface area contributed by atoms with Crippen LogP contribution < -0.4 is 0 Å². The molecular weight excluding hydrogens is 418 g/mol. The summed E-state index contributed by atoms with van der Waals surface area (Å²) in [5, 5.41) is 11.1. The molecule has 0 amide bonds. The zero-order valence-electron chi connectivity index (χ0n) is 20.7. The number of nitrogens with zero attached hydrogens (tertiary/aromatic N) is 1. The Bertz CT molecular complexity index is 1100. The molecule has 3 heteroatoms. The van der Waals surface area contributed by atoms with Crippen molar-refractivity contribution in [2.24, 2.45) is 0 Å². The second-order valence-corrected chi connectivity index (χ2v) is 9.81. The lowest BCUT2D eigenvalue weighted by Gasteiger charge is -2.33. The van der Waals surface area contributed by atoms with E-state index in [0.29, 0.717) is 0 Å². The normalized spacial score (nSPS) is 13.5. The van der Waals surface area contributed by atoms with Crippen molar-refractivity contribution in [3.05, 3.63) is 88.0 Å². The first-order valence-corrected chi connectivity index (χ1v) is 13.1. The summed E-state index contributed by atoms with van der Waals surface area (Å²) in [6.45, 7) is 4.55. The molecule has 0 bridgehead atoms. The molecular formula is C31H37NO2. The van der Waals surface area contributed by atoms with Crippen LogP contribution in [0.4, 0.5) is 5.69 Å². The van der Waals surface area contributed by atoms with Crippen LogP contribution in [0.3, 0.4) is 0 Å². The van der Waals surface area contributed by atoms with Crippen LogP contribution in [0, 0.1) is 10.1 Å². The number of non-ortho nitro benzene ring substituents is 1. The van der Waals surface area contributed by atoms with Crippen molar-refractivity contribution in [2.75, 3.05) is 0 Å². The number of hydrogen-bond acceptors (Lipinski definition) is 2. The Kier molecular flexibility index (Phi) is 7.82. The van der Waals surface area contributed by atoms with E-state index in [-0.39, 0.29) is 16.0 Å². The average molecular weight is 456 g/mol. The van der Waals surface area contributed by atoms with Crippen molar-refractivity contribution in [1.82, 2.24) is 0 Å². The molecule has 0 aliphatic heterocycles. The molecule has 0 N–H and O–H groups in total. The van der Waals surface area contributed by atoms with Crippen LogP contribution in [0.2, 0.25) is 0 Å². The van der Waals surface area contributed by atoms with Gasteiger partial charge in [-0.05, 0) is 64.4 Å². The summed E-state index contributed by atoms with van der Waals surface area (Å²) in [6.07, 6.45) is 12.5. The van der Waals surface area contributed by atoms with Gasteiger partial charge in [-0.15, -0.1) is 0 Å². The van der Waals surface area contributed by atoms with Crippen LogP contribution in [0.25, 0.3) is 22.3 Å². The Hall–Kier alpha value is -2.94. The highest BCUT2D eigenvalue weighted by molar-refractivity contribution is 5.84. The fourth-order valence-corrected chi connectivity index (χ4v) is 5.78. The second kappa shape index (κ2) is 11.0. The van der Waals surface area contributed by atoms with Gasteiger partial charge in [0.2, 0.25) is 0 Å². The molecule has 3 nitrogen and oxygen atoms in total. The number of rotatable bonds is 12. The summed E-state index contributed by atoms with van der Waals surface area (Å²) in [4.78, 5) is 10.8. The minimum absolute atomic E-state index is 0.0597. The van der Waals surface area contributed by atoms with Crippen molar-refractivity contribution in [2.45, 2.75) is 83.5 Å². The molecule has 34 heavy (non-hydrogen) atoms. The summed E-state index contributed by atoms with van der Waals surface area (Å²) in [5.74, 6) is 0. The summed E-state index contributed by atoms with van der Waals surface area (Å²) >= 11 is 0. The van der Waals surface area contributed by atoms with Crippen LogP contribution in [-0.4, -0.2) is 4.92 Å². The minimum atomic E-state index is -0.333. The molecule has 1 aliphatic carbocycles. The molecule has 0 saturated carbocycles. The van der Waals surface area contributed by atoms with Gasteiger partial charge < -0.3 is 0 Å². The maximum atomic E-state index is 11.1. The molecule has 0 spiro atoms. The lowest BCUT2D eigenvalue weighted by atomic mass is 9.70. The van der Waals surface area contributed by atoms with E-state index < -0.39 is 0 Å². The van der Waals surface area contributed by atoms with Gasteiger partial charge in [0.15, 0.2) is 0 Å². The number of nitro groups is 1. The zero-order valence-corrected chi connectivity index (χ0v) is 20.7. The van der Waals surface area contributed by atoms with Gasteiger partial charge in [-0.2, -0.15) is 0 Å². The van der Waals surface area contributed by atoms with Gasteiger partial charge >= 0.3 is 0 Å². The minimum Gasteiger partial charge on any atom is -0.258 e. The summed E-state index contributed by atoms with van der Waals surface area (Å²) in [7, 11) is 0. The van der Waals surface area contributed by atoms with Gasteiger partial charge in [-0.1, -0.05) is 102 Å². The van der Waals surface area contributed by atoms with E-state index in [4.69, 9.17) is 0 Å². The largest absolute Gasteiger partial charge is 0.269 e. The van der Waals surface area contributed by atoms with Gasteiger partial charge in [-0.3, -0.25) is 10.1 Å².